The van der Waals surface area contributed by atoms with Crippen LogP contribution in [0, 0.1) is 0 Å². The standard InChI is InChI=1S/C50H97NO4/c1-3-5-7-9-11-13-14-15-16-17-18-19-20-21-22-23-24-25-26-27-28-29-30-31-32-33-34-35-36-37-39-41-43-45-49(54)51-47(46-52)50(55)48(53)44-42-40-38-12-10-8-6-4-2/h12,21-22,38,47-48,50,52-53,55H,3-11,13-20,23-37,39-46H2,1-2H3,(H,51,54)/b22-21-,38-12+. The normalized spacial score (nSPS) is 13.6. The SMILES string of the molecule is CCCCC/C=C/CCCC(O)C(O)C(CO)NC(=O)CCCCCCCCCCCCCCCCCCC/C=C\CCCCCCCCCCCCCC. The Hall–Kier alpha value is -1.17. The number of unbranched alkanes of at least 4 members (excludes halogenated alkanes) is 33. The van der Waals surface area contributed by atoms with E-state index in [1.807, 2.05) is 0 Å². The van der Waals surface area contributed by atoms with Crippen molar-refractivity contribution in [3.8, 4) is 0 Å². The molecule has 0 aromatic carbocycles. The summed E-state index contributed by atoms with van der Waals surface area (Å²) < 4.78 is 0. The van der Waals surface area contributed by atoms with Crippen LogP contribution >= 0.6 is 0 Å². The maximum absolute atomic E-state index is 12.4. The first-order valence-corrected chi connectivity index (χ1v) is 24.6. The molecule has 0 saturated carbocycles. The summed E-state index contributed by atoms with van der Waals surface area (Å²) in [5.74, 6) is -0.154. The molecular weight excluding hydrogens is 679 g/mol. The van der Waals surface area contributed by atoms with Crippen LogP contribution in [0.25, 0.3) is 0 Å². The van der Waals surface area contributed by atoms with Crippen molar-refractivity contribution < 1.29 is 20.1 Å². The average molecular weight is 776 g/mol. The highest BCUT2D eigenvalue weighted by Crippen LogP contribution is 2.16. The minimum absolute atomic E-state index is 0.154. The fourth-order valence-electron chi connectivity index (χ4n) is 7.69. The molecule has 0 aromatic rings. The van der Waals surface area contributed by atoms with Gasteiger partial charge in [0, 0.05) is 6.42 Å². The third-order valence-corrected chi connectivity index (χ3v) is 11.5. The number of hydrogen-bond donors (Lipinski definition) is 4. The Morgan fingerprint density at radius 1 is 0.436 bits per heavy atom. The van der Waals surface area contributed by atoms with E-state index in [2.05, 4.69) is 43.5 Å². The second-order valence-corrected chi connectivity index (χ2v) is 17.0. The largest absolute Gasteiger partial charge is 0.394 e. The monoisotopic (exact) mass is 776 g/mol. The van der Waals surface area contributed by atoms with E-state index in [9.17, 15) is 20.1 Å². The molecule has 4 N–H and O–H groups in total. The van der Waals surface area contributed by atoms with Gasteiger partial charge >= 0.3 is 0 Å². The molecule has 0 radical (unpaired) electrons. The van der Waals surface area contributed by atoms with E-state index in [-0.39, 0.29) is 12.5 Å². The minimum atomic E-state index is -1.15. The Labute approximate surface area is 343 Å². The van der Waals surface area contributed by atoms with E-state index in [4.69, 9.17) is 0 Å². The van der Waals surface area contributed by atoms with Crippen molar-refractivity contribution in [3.63, 3.8) is 0 Å². The Morgan fingerprint density at radius 2 is 0.727 bits per heavy atom. The molecular formula is C50H97NO4. The first-order chi connectivity index (χ1) is 27.1. The summed E-state index contributed by atoms with van der Waals surface area (Å²) >= 11 is 0. The van der Waals surface area contributed by atoms with Crippen molar-refractivity contribution in [1.82, 2.24) is 5.32 Å². The van der Waals surface area contributed by atoms with Crippen LogP contribution in [0.3, 0.4) is 0 Å². The molecule has 1 amide bonds. The number of amides is 1. The molecule has 0 aliphatic heterocycles. The third-order valence-electron chi connectivity index (χ3n) is 11.5. The van der Waals surface area contributed by atoms with E-state index >= 15 is 0 Å². The summed E-state index contributed by atoms with van der Waals surface area (Å²) in [7, 11) is 0. The van der Waals surface area contributed by atoms with Crippen molar-refractivity contribution >= 4 is 5.91 Å². The number of aliphatic hydroxyl groups is 3. The predicted octanol–water partition coefficient (Wildman–Crippen LogP) is 14.6. The van der Waals surface area contributed by atoms with Crippen molar-refractivity contribution in [2.45, 2.75) is 283 Å². The number of carbonyl (C=O) groups is 1. The Balaban J connectivity index is 3.43. The summed E-state index contributed by atoms with van der Waals surface area (Å²) in [5.41, 5.74) is 0. The maximum Gasteiger partial charge on any atom is 0.220 e. The van der Waals surface area contributed by atoms with Gasteiger partial charge in [-0.1, -0.05) is 218 Å². The molecule has 0 heterocycles. The lowest BCUT2D eigenvalue weighted by atomic mass is 10.0. The molecule has 5 heteroatoms. The minimum Gasteiger partial charge on any atom is -0.394 e. The summed E-state index contributed by atoms with van der Waals surface area (Å²) in [6.45, 7) is 4.12. The average Bonchev–Trinajstić information content (AvgIpc) is 3.19. The molecule has 326 valence electrons. The van der Waals surface area contributed by atoms with Gasteiger partial charge in [0.2, 0.25) is 5.91 Å². The molecule has 0 fully saturated rings. The summed E-state index contributed by atoms with van der Waals surface area (Å²) in [5, 5.41) is 33.3. The number of aliphatic hydroxyl groups excluding tert-OH is 3. The van der Waals surface area contributed by atoms with Crippen LogP contribution in [-0.2, 0) is 4.79 Å². The molecule has 55 heavy (non-hydrogen) atoms. The predicted molar refractivity (Wildman–Crippen MR) is 241 cm³/mol. The van der Waals surface area contributed by atoms with Crippen molar-refractivity contribution in [2.75, 3.05) is 6.61 Å². The van der Waals surface area contributed by atoms with Crippen LogP contribution in [0.2, 0.25) is 0 Å². The highest BCUT2D eigenvalue weighted by atomic mass is 16.3. The van der Waals surface area contributed by atoms with Crippen molar-refractivity contribution in [2.24, 2.45) is 0 Å². The van der Waals surface area contributed by atoms with Gasteiger partial charge in [0.1, 0.15) is 6.10 Å². The molecule has 0 rings (SSSR count). The van der Waals surface area contributed by atoms with E-state index < -0.39 is 18.2 Å². The van der Waals surface area contributed by atoms with Crippen LogP contribution in [-0.4, -0.2) is 46.1 Å². The Morgan fingerprint density at radius 3 is 1.09 bits per heavy atom. The van der Waals surface area contributed by atoms with Crippen molar-refractivity contribution in [1.29, 1.82) is 0 Å². The lowest BCUT2D eigenvalue weighted by molar-refractivity contribution is -0.124. The number of rotatable bonds is 45. The number of nitrogens with one attached hydrogen (secondary N) is 1. The van der Waals surface area contributed by atoms with E-state index in [0.717, 1.165) is 38.5 Å². The molecule has 0 saturated heterocycles. The third kappa shape index (κ3) is 40.8. The van der Waals surface area contributed by atoms with Crippen LogP contribution < -0.4 is 5.32 Å². The quantitative estimate of drug-likeness (QED) is 0.0366. The molecule has 0 aliphatic rings. The highest BCUT2D eigenvalue weighted by Gasteiger charge is 2.26. The van der Waals surface area contributed by atoms with Gasteiger partial charge in [-0.2, -0.15) is 0 Å². The second kappa shape index (κ2) is 45.5. The molecule has 0 bridgehead atoms. The van der Waals surface area contributed by atoms with Crippen molar-refractivity contribution in [3.05, 3.63) is 24.3 Å². The van der Waals surface area contributed by atoms with E-state index in [1.54, 1.807) is 0 Å². The molecule has 0 spiro atoms. The summed E-state index contributed by atoms with van der Waals surface area (Å²) in [6, 6.07) is -0.821. The number of hydrogen-bond acceptors (Lipinski definition) is 4. The van der Waals surface area contributed by atoms with Gasteiger partial charge in [0.05, 0.1) is 18.8 Å². The van der Waals surface area contributed by atoms with E-state index in [0.29, 0.717) is 12.8 Å². The molecule has 5 nitrogen and oxygen atoms in total. The van der Waals surface area contributed by atoms with Crippen LogP contribution in [0.15, 0.2) is 24.3 Å². The van der Waals surface area contributed by atoms with Crippen LogP contribution in [0.1, 0.15) is 264 Å². The zero-order valence-electron chi connectivity index (χ0n) is 37.1. The van der Waals surface area contributed by atoms with Crippen LogP contribution in [0.4, 0.5) is 0 Å². The number of allylic oxidation sites excluding steroid dienone is 4. The van der Waals surface area contributed by atoms with Gasteiger partial charge in [-0.3, -0.25) is 4.79 Å². The maximum atomic E-state index is 12.4. The lowest BCUT2D eigenvalue weighted by Gasteiger charge is -2.26. The Kier molecular flexibility index (Phi) is 44.6. The first kappa shape index (κ1) is 53.8. The second-order valence-electron chi connectivity index (χ2n) is 17.0. The van der Waals surface area contributed by atoms with Gasteiger partial charge in [-0.15, -0.1) is 0 Å². The molecule has 0 aromatic heterocycles. The fourth-order valence-corrected chi connectivity index (χ4v) is 7.69. The molecule has 3 unspecified atom stereocenters. The van der Waals surface area contributed by atoms with Gasteiger partial charge in [0.25, 0.3) is 0 Å². The number of carbonyl (C=O) groups excluding carboxylic acids is 1. The fraction of sp³-hybridized carbons (Fsp3) is 0.900. The lowest BCUT2D eigenvalue weighted by Crippen LogP contribution is -2.50. The Bertz CT molecular complexity index is 814. The van der Waals surface area contributed by atoms with Gasteiger partial charge < -0.3 is 20.6 Å². The summed E-state index contributed by atoms with van der Waals surface area (Å²) in [4.78, 5) is 12.4. The van der Waals surface area contributed by atoms with E-state index in [1.165, 1.54) is 199 Å². The molecule has 0 aliphatic carbocycles. The highest BCUT2D eigenvalue weighted by molar-refractivity contribution is 5.76. The zero-order chi connectivity index (χ0) is 40.1. The van der Waals surface area contributed by atoms with Gasteiger partial charge in [0.15, 0.2) is 0 Å². The van der Waals surface area contributed by atoms with Gasteiger partial charge in [-0.05, 0) is 64.2 Å². The van der Waals surface area contributed by atoms with Gasteiger partial charge in [-0.25, -0.2) is 0 Å². The van der Waals surface area contributed by atoms with Crippen LogP contribution in [0.5, 0.6) is 0 Å². The smallest absolute Gasteiger partial charge is 0.220 e. The zero-order valence-corrected chi connectivity index (χ0v) is 37.1. The summed E-state index contributed by atoms with van der Waals surface area (Å²) in [6.07, 6.45) is 56.3. The first-order valence-electron chi connectivity index (χ1n) is 24.6. The molecule has 3 atom stereocenters. The topological polar surface area (TPSA) is 89.8 Å².